The molecule has 0 fully saturated rings. The lowest BCUT2D eigenvalue weighted by atomic mass is 9.87. The summed E-state index contributed by atoms with van der Waals surface area (Å²) in [7, 11) is 1.30. The largest absolute Gasteiger partial charge is 0.469 e. The second kappa shape index (κ2) is 5.32. The Labute approximate surface area is 86.4 Å². The van der Waals surface area contributed by atoms with Crippen LogP contribution < -0.4 is 5.73 Å². The van der Waals surface area contributed by atoms with Crippen molar-refractivity contribution in [3.63, 3.8) is 0 Å². The maximum absolute atomic E-state index is 10.9. The topological polar surface area (TPSA) is 72.5 Å². The lowest BCUT2D eigenvalue weighted by molar-refractivity contribution is -0.146. The Morgan fingerprint density at radius 3 is 2.14 bits per heavy atom. The summed E-state index contributed by atoms with van der Waals surface area (Å²) in [5.41, 5.74) is 4.15. The van der Waals surface area contributed by atoms with Crippen LogP contribution in [-0.2, 0) is 9.53 Å². The molecular formula is C10H23NO3. The second-order valence-electron chi connectivity index (χ2n) is 4.42. The van der Waals surface area contributed by atoms with Crippen molar-refractivity contribution in [1.82, 2.24) is 0 Å². The summed E-state index contributed by atoms with van der Waals surface area (Å²) < 4.78 is 4.46. The van der Waals surface area contributed by atoms with E-state index >= 15 is 0 Å². The number of rotatable bonds is 4. The average Bonchev–Trinajstić information content (AvgIpc) is 1.80. The summed E-state index contributed by atoms with van der Waals surface area (Å²) in [4.78, 5) is 10.9. The molecule has 3 N–H and O–H groups in total. The fraction of sp³-hybridized carbons (Fsp3) is 0.900. The van der Waals surface area contributed by atoms with Crippen LogP contribution in [0.2, 0.25) is 0 Å². The van der Waals surface area contributed by atoms with Gasteiger partial charge in [-0.2, -0.15) is 0 Å². The Morgan fingerprint density at radius 2 is 1.86 bits per heavy atom. The number of aliphatic hydroxyl groups is 1. The summed E-state index contributed by atoms with van der Waals surface area (Å²) in [6.45, 7) is 5.19. The van der Waals surface area contributed by atoms with E-state index in [0.29, 0.717) is 6.42 Å². The predicted molar refractivity (Wildman–Crippen MR) is 56.9 cm³/mol. The Hall–Kier alpha value is -0.610. The Balaban J connectivity index is 0. The van der Waals surface area contributed by atoms with Crippen molar-refractivity contribution in [2.75, 3.05) is 7.11 Å². The van der Waals surface area contributed by atoms with Crippen LogP contribution in [0.5, 0.6) is 0 Å². The van der Waals surface area contributed by atoms with Gasteiger partial charge < -0.3 is 15.6 Å². The molecule has 0 bridgehead atoms. The molecule has 0 saturated carbocycles. The van der Waals surface area contributed by atoms with Crippen molar-refractivity contribution in [3.8, 4) is 0 Å². The molecule has 0 aliphatic carbocycles. The van der Waals surface area contributed by atoms with Gasteiger partial charge in [0.1, 0.15) is 0 Å². The van der Waals surface area contributed by atoms with Crippen molar-refractivity contribution in [2.45, 2.75) is 52.2 Å². The number of hydrogen-bond donors (Lipinski definition) is 2. The van der Waals surface area contributed by atoms with Gasteiger partial charge in [0.2, 0.25) is 0 Å². The molecule has 0 rings (SSSR count). The highest BCUT2D eigenvalue weighted by Crippen LogP contribution is 2.21. The first-order valence-corrected chi connectivity index (χ1v) is 4.24. The summed E-state index contributed by atoms with van der Waals surface area (Å²) >= 11 is 0. The Bertz CT molecular complexity index is 182. The maximum Gasteiger partial charge on any atom is 0.308 e. The molecule has 4 nitrogen and oxygen atoms in total. The average molecular weight is 205 g/mol. The molecule has 1 unspecified atom stereocenters. The van der Waals surface area contributed by atoms with Gasteiger partial charge in [-0.3, -0.25) is 4.79 Å². The lowest BCUT2D eigenvalue weighted by Crippen LogP contribution is -2.43. The van der Waals surface area contributed by atoms with Gasteiger partial charge in [-0.05, 0) is 27.2 Å². The van der Waals surface area contributed by atoms with Gasteiger partial charge in [-0.25, -0.2) is 0 Å². The van der Waals surface area contributed by atoms with Crippen LogP contribution in [0.4, 0.5) is 0 Å². The number of methoxy groups -OCH3 is 1. The molecular weight excluding hydrogens is 182 g/mol. The van der Waals surface area contributed by atoms with Gasteiger partial charge in [-0.1, -0.05) is 7.43 Å². The van der Waals surface area contributed by atoms with E-state index in [9.17, 15) is 9.90 Å². The molecule has 1 atom stereocenters. The van der Waals surface area contributed by atoms with Gasteiger partial charge in [0.05, 0.1) is 19.1 Å². The standard InChI is InChI=1S/C9H19NO3.CH4/c1-8(2,10)6-9(3,12)5-7(11)13-4;/h12H,5-6,10H2,1-4H3;1H4. The summed E-state index contributed by atoms with van der Waals surface area (Å²) in [5.74, 6) is -0.422. The second-order valence-corrected chi connectivity index (χ2v) is 4.42. The van der Waals surface area contributed by atoms with E-state index in [1.807, 2.05) is 0 Å². The molecule has 0 aromatic rings. The molecule has 0 amide bonds. The molecule has 86 valence electrons. The fourth-order valence-corrected chi connectivity index (χ4v) is 1.43. The van der Waals surface area contributed by atoms with Gasteiger partial charge in [0, 0.05) is 5.54 Å². The maximum atomic E-state index is 10.9. The molecule has 0 heterocycles. The third-order valence-corrected chi connectivity index (χ3v) is 1.59. The predicted octanol–water partition coefficient (Wildman–Crippen LogP) is 1.06. The number of ether oxygens (including phenoxy) is 1. The molecule has 0 aromatic heterocycles. The van der Waals surface area contributed by atoms with Crippen molar-refractivity contribution >= 4 is 5.97 Å². The lowest BCUT2D eigenvalue weighted by Gasteiger charge is -2.29. The van der Waals surface area contributed by atoms with Crippen LogP contribution in [0.1, 0.15) is 41.0 Å². The van der Waals surface area contributed by atoms with E-state index in [2.05, 4.69) is 4.74 Å². The SMILES string of the molecule is C.COC(=O)CC(C)(O)CC(C)(C)N. The van der Waals surface area contributed by atoms with E-state index < -0.39 is 17.1 Å². The first kappa shape index (κ1) is 15.8. The van der Waals surface area contributed by atoms with Crippen LogP contribution in [0.15, 0.2) is 0 Å². The zero-order valence-corrected chi connectivity index (χ0v) is 8.76. The molecule has 0 spiro atoms. The van der Waals surface area contributed by atoms with Crippen molar-refractivity contribution in [1.29, 1.82) is 0 Å². The van der Waals surface area contributed by atoms with E-state index in [-0.39, 0.29) is 13.8 Å². The number of nitrogens with two attached hydrogens (primary N) is 1. The van der Waals surface area contributed by atoms with Crippen LogP contribution in [0.25, 0.3) is 0 Å². The minimum absolute atomic E-state index is 0. The highest BCUT2D eigenvalue weighted by Gasteiger charge is 2.30. The third kappa shape index (κ3) is 8.01. The molecule has 0 saturated heterocycles. The monoisotopic (exact) mass is 205 g/mol. The third-order valence-electron chi connectivity index (χ3n) is 1.59. The minimum atomic E-state index is -1.09. The van der Waals surface area contributed by atoms with E-state index in [1.165, 1.54) is 7.11 Å². The molecule has 14 heavy (non-hydrogen) atoms. The Morgan fingerprint density at radius 1 is 1.43 bits per heavy atom. The van der Waals surface area contributed by atoms with Gasteiger partial charge in [0.25, 0.3) is 0 Å². The van der Waals surface area contributed by atoms with Crippen molar-refractivity contribution < 1.29 is 14.6 Å². The summed E-state index contributed by atoms with van der Waals surface area (Å²) in [5, 5.41) is 9.77. The summed E-state index contributed by atoms with van der Waals surface area (Å²) in [6.07, 6.45) is 0.333. The number of hydrogen-bond acceptors (Lipinski definition) is 4. The Kier molecular flexibility index (Phi) is 6.02. The van der Waals surface area contributed by atoms with Crippen LogP contribution >= 0.6 is 0 Å². The highest BCUT2D eigenvalue weighted by atomic mass is 16.5. The minimum Gasteiger partial charge on any atom is -0.469 e. The van der Waals surface area contributed by atoms with E-state index in [4.69, 9.17) is 5.73 Å². The molecule has 0 radical (unpaired) electrons. The number of carbonyl (C=O) groups is 1. The first-order chi connectivity index (χ1) is 5.66. The van der Waals surface area contributed by atoms with Gasteiger partial charge >= 0.3 is 5.97 Å². The van der Waals surface area contributed by atoms with E-state index in [0.717, 1.165) is 0 Å². The molecule has 4 heteroatoms. The zero-order chi connectivity index (χ0) is 10.7. The van der Waals surface area contributed by atoms with Crippen molar-refractivity contribution in [2.24, 2.45) is 5.73 Å². The zero-order valence-electron chi connectivity index (χ0n) is 8.76. The quantitative estimate of drug-likeness (QED) is 0.673. The normalized spacial score (nSPS) is 15.3. The van der Waals surface area contributed by atoms with Crippen molar-refractivity contribution in [3.05, 3.63) is 0 Å². The van der Waals surface area contributed by atoms with Crippen LogP contribution in [0, 0.1) is 0 Å². The van der Waals surface area contributed by atoms with Gasteiger partial charge in [-0.15, -0.1) is 0 Å². The fourth-order valence-electron chi connectivity index (χ4n) is 1.43. The molecule has 0 aliphatic rings. The molecule has 0 aliphatic heterocycles. The highest BCUT2D eigenvalue weighted by molar-refractivity contribution is 5.70. The summed E-state index contributed by atoms with van der Waals surface area (Å²) in [6, 6.07) is 0. The molecule has 0 aromatic carbocycles. The number of carbonyl (C=O) groups excluding carboxylic acids is 1. The van der Waals surface area contributed by atoms with Crippen LogP contribution in [0.3, 0.4) is 0 Å². The van der Waals surface area contributed by atoms with Crippen LogP contribution in [-0.4, -0.2) is 29.3 Å². The van der Waals surface area contributed by atoms with E-state index in [1.54, 1.807) is 20.8 Å². The first-order valence-electron chi connectivity index (χ1n) is 4.24. The smallest absolute Gasteiger partial charge is 0.308 e. The van der Waals surface area contributed by atoms with Gasteiger partial charge in [0.15, 0.2) is 0 Å². The number of esters is 1.